The van der Waals surface area contributed by atoms with Gasteiger partial charge in [0.1, 0.15) is 13.2 Å². The molecular weight excluding hydrogens is 757 g/mol. The van der Waals surface area contributed by atoms with Crippen LogP contribution in [0.3, 0.4) is 0 Å². The number of ether oxygens (including phenoxy) is 3. The monoisotopic (exact) mass is 845 g/mol. The van der Waals surface area contributed by atoms with Crippen molar-refractivity contribution in [2.75, 3.05) is 13.2 Å². The van der Waals surface area contributed by atoms with Crippen LogP contribution >= 0.6 is 0 Å². The first-order valence-corrected chi connectivity index (χ1v) is 24.4. The van der Waals surface area contributed by atoms with E-state index in [0.717, 1.165) is 96.3 Å². The summed E-state index contributed by atoms with van der Waals surface area (Å²) in [6, 6.07) is 0. The fourth-order valence-corrected chi connectivity index (χ4v) is 6.05. The summed E-state index contributed by atoms with van der Waals surface area (Å²) in [5, 5.41) is 0. The fourth-order valence-electron chi connectivity index (χ4n) is 6.05. The summed E-state index contributed by atoms with van der Waals surface area (Å²) in [5.74, 6) is -1.04. The van der Waals surface area contributed by atoms with E-state index in [1.54, 1.807) is 0 Å². The highest BCUT2D eigenvalue weighted by molar-refractivity contribution is 5.71. The van der Waals surface area contributed by atoms with E-state index in [0.29, 0.717) is 25.7 Å². The van der Waals surface area contributed by atoms with Crippen molar-refractivity contribution in [3.05, 3.63) is 109 Å². The van der Waals surface area contributed by atoms with Gasteiger partial charge in [-0.15, -0.1) is 0 Å². The quantitative estimate of drug-likeness (QED) is 0.0264. The zero-order valence-electron chi connectivity index (χ0n) is 39.1. The van der Waals surface area contributed by atoms with Crippen LogP contribution in [0.1, 0.15) is 201 Å². The van der Waals surface area contributed by atoms with E-state index >= 15 is 0 Å². The molecule has 0 aromatic carbocycles. The number of carbonyl (C=O) groups excluding carboxylic acids is 3. The second-order valence-corrected chi connectivity index (χ2v) is 15.6. The minimum atomic E-state index is -0.827. The van der Waals surface area contributed by atoms with Crippen LogP contribution in [0.5, 0.6) is 0 Å². The molecule has 61 heavy (non-hydrogen) atoms. The summed E-state index contributed by atoms with van der Waals surface area (Å²) in [7, 11) is 0. The highest BCUT2D eigenvalue weighted by atomic mass is 16.6. The van der Waals surface area contributed by atoms with Crippen molar-refractivity contribution in [2.24, 2.45) is 0 Å². The number of allylic oxidation sites excluding steroid dienone is 18. The number of hydrogen-bond acceptors (Lipinski definition) is 6. The number of esters is 3. The Morgan fingerprint density at radius 1 is 0.344 bits per heavy atom. The molecule has 6 nitrogen and oxygen atoms in total. The molecule has 6 heteroatoms. The van der Waals surface area contributed by atoms with E-state index in [4.69, 9.17) is 14.2 Å². The zero-order chi connectivity index (χ0) is 44.4. The molecule has 344 valence electrons. The van der Waals surface area contributed by atoms with Gasteiger partial charge in [0, 0.05) is 19.3 Å². The number of rotatable bonds is 42. The standard InChI is InChI=1S/C55H88O6/c1-4-7-10-13-16-19-22-24-26-27-29-31-34-37-40-43-46-49-55(58)61-52(50-59-53(56)47-44-41-38-35-32-21-18-15-12-9-6-3)51-60-54(57)48-45-42-39-36-33-30-28-25-23-20-17-14-11-8-5-2/h7,10,15-20,24-26,28-29,31,33,36-37,40,52H,4-6,8-9,11-14,21-23,27,30,32,34-35,38-39,41-51H2,1-3H3/b10-7-,18-15-,19-16-,20-17-,26-24-,28-25-,31-29-,36-33-,40-37-/t52-/m0/s1. The molecular formula is C55H88O6. The number of hydrogen-bond donors (Lipinski definition) is 0. The van der Waals surface area contributed by atoms with Gasteiger partial charge in [0.15, 0.2) is 6.10 Å². The van der Waals surface area contributed by atoms with Gasteiger partial charge in [-0.3, -0.25) is 14.4 Å². The van der Waals surface area contributed by atoms with E-state index in [1.807, 2.05) is 0 Å². The lowest BCUT2D eigenvalue weighted by Crippen LogP contribution is -2.30. The van der Waals surface area contributed by atoms with E-state index in [1.165, 1.54) is 51.4 Å². The van der Waals surface area contributed by atoms with Gasteiger partial charge >= 0.3 is 17.9 Å². The lowest BCUT2D eigenvalue weighted by atomic mass is 10.1. The second kappa shape index (κ2) is 48.7. The van der Waals surface area contributed by atoms with Crippen molar-refractivity contribution >= 4 is 17.9 Å². The molecule has 0 saturated heterocycles. The maximum atomic E-state index is 12.7. The Hall–Kier alpha value is -3.93. The minimum Gasteiger partial charge on any atom is -0.462 e. The van der Waals surface area contributed by atoms with Crippen LogP contribution in [0.4, 0.5) is 0 Å². The molecule has 0 aliphatic carbocycles. The lowest BCUT2D eigenvalue weighted by molar-refractivity contribution is -0.167. The molecule has 0 spiro atoms. The number of unbranched alkanes of at least 4 members (excludes halogenated alkanes) is 13. The van der Waals surface area contributed by atoms with Gasteiger partial charge in [0.05, 0.1) is 0 Å². The highest BCUT2D eigenvalue weighted by Gasteiger charge is 2.19. The first-order valence-electron chi connectivity index (χ1n) is 24.4. The molecule has 0 N–H and O–H groups in total. The van der Waals surface area contributed by atoms with E-state index in [9.17, 15) is 14.4 Å². The smallest absolute Gasteiger partial charge is 0.306 e. The molecule has 0 aromatic rings. The van der Waals surface area contributed by atoms with E-state index < -0.39 is 6.10 Å². The molecule has 0 heterocycles. The lowest BCUT2D eigenvalue weighted by Gasteiger charge is -2.18. The van der Waals surface area contributed by atoms with Gasteiger partial charge in [-0.2, -0.15) is 0 Å². The molecule has 0 aromatic heterocycles. The molecule has 0 saturated carbocycles. The van der Waals surface area contributed by atoms with Gasteiger partial charge in [-0.25, -0.2) is 0 Å². The Balaban J connectivity index is 4.57. The predicted octanol–water partition coefficient (Wildman–Crippen LogP) is 16.0. The maximum Gasteiger partial charge on any atom is 0.306 e. The van der Waals surface area contributed by atoms with Crippen LogP contribution in [0.2, 0.25) is 0 Å². The third kappa shape index (κ3) is 47.0. The van der Waals surface area contributed by atoms with Crippen molar-refractivity contribution in [2.45, 2.75) is 207 Å². The summed E-state index contributed by atoms with van der Waals surface area (Å²) in [5.41, 5.74) is 0. The zero-order valence-corrected chi connectivity index (χ0v) is 39.1. The van der Waals surface area contributed by atoms with Crippen molar-refractivity contribution in [3.8, 4) is 0 Å². The van der Waals surface area contributed by atoms with Crippen molar-refractivity contribution in [1.29, 1.82) is 0 Å². The summed E-state index contributed by atoms with van der Waals surface area (Å²) < 4.78 is 16.7. The maximum absolute atomic E-state index is 12.7. The van der Waals surface area contributed by atoms with Crippen molar-refractivity contribution in [3.63, 3.8) is 0 Å². The van der Waals surface area contributed by atoms with E-state index in [2.05, 4.69) is 130 Å². The normalized spacial score (nSPS) is 13.0. The highest BCUT2D eigenvalue weighted by Crippen LogP contribution is 2.11. The average molecular weight is 845 g/mol. The third-order valence-electron chi connectivity index (χ3n) is 9.73. The minimum absolute atomic E-state index is 0.120. The number of carbonyl (C=O) groups is 3. The fraction of sp³-hybridized carbons (Fsp3) is 0.618. The molecule has 0 aliphatic heterocycles. The second-order valence-electron chi connectivity index (χ2n) is 15.6. The van der Waals surface area contributed by atoms with Crippen LogP contribution in [-0.2, 0) is 28.6 Å². The summed E-state index contributed by atoms with van der Waals surface area (Å²) in [6.45, 7) is 6.34. The summed E-state index contributed by atoms with van der Waals surface area (Å²) >= 11 is 0. The Kier molecular flexibility index (Phi) is 45.6. The Morgan fingerprint density at radius 3 is 1.15 bits per heavy atom. The van der Waals surface area contributed by atoms with Crippen LogP contribution in [-0.4, -0.2) is 37.2 Å². The summed E-state index contributed by atoms with van der Waals surface area (Å²) in [4.78, 5) is 37.8. The van der Waals surface area contributed by atoms with E-state index in [-0.39, 0.29) is 37.5 Å². The van der Waals surface area contributed by atoms with Crippen LogP contribution < -0.4 is 0 Å². The average Bonchev–Trinajstić information content (AvgIpc) is 3.26. The van der Waals surface area contributed by atoms with Gasteiger partial charge in [-0.1, -0.05) is 175 Å². The first kappa shape index (κ1) is 57.1. The van der Waals surface area contributed by atoms with Gasteiger partial charge in [0.25, 0.3) is 0 Å². The van der Waals surface area contributed by atoms with Gasteiger partial charge < -0.3 is 14.2 Å². The van der Waals surface area contributed by atoms with Gasteiger partial charge in [-0.05, 0) is 116 Å². The Labute approximate surface area is 374 Å². The molecule has 0 aliphatic rings. The largest absolute Gasteiger partial charge is 0.462 e. The molecule has 0 fully saturated rings. The van der Waals surface area contributed by atoms with Crippen LogP contribution in [0, 0.1) is 0 Å². The topological polar surface area (TPSA) is 78.9 Å². The van der Waals surface area contributed by atoms with Crippen molar-refractivity contribution in [1.82, 2.24) is 0 Å². The summed E-state index contributed by atoms with van der Waals surface area (Å²) in [6.07, 6.45) is 65.0. The molecule has 0 bridgehead atoms. The molecule has 0 rings (SSSR count). The molecule has 0 radical (unpaired) electrons. The van der Waals surface area contributed by atoms with Crippen LogP contribution in [0.25, 0.3) is 0 Å². The van der Waals surface area contributed by atoms with Crippen LogP contribution in [0.15, 0.2) is 109 Å². The first-order chi connectivity index (χ1) is 30.0. The van der Waals surface area contributed by atoms with Gasteiger partial charge in [0.2, 0.25) is 0 Å². The SMILES string of the molecule is CC/C=C\C/C=C\C/C=C\C/C=C\C/C=C\CCCC(=O)O[C@H](COC(=O)CCCC/C=C\C/C=C\C/C=C\CCCCC)COC(=O)CCCCCCC/C=C\CCCC. The van der Waals surface area contributed by atoms with Crippen molar-refractivity contribution < 1.29 is 28.6 Å². The molecule has 0 amide bonds. The molecule has 0 unspecified atom stereocenters. The molecule has 1 atom stereocenters. The predicted molar refractivity (Wildman–Crippen MR) is 260 cm³/mol. The Morgan fingerprint density at radius 2 is 0.672 bits per heavy atom. The Bertz CT molecular complexity index is 1290. The third-order valence-corrected chi connectivity index (χ3v) is 9.73.